The fraction of sp³-hybridized carbons (Fsp3) is 0.176. The Hall–Kier alpha value is -2.82. The number of aromatic nitrogens is 1. The maximum atomic E-state index is 11.7. The molecule has 1 heterocycles. The third-order valence-electron chi connectivity index (χ3n) is 3.09. The standard InChI is InChI=1S/C17H19N3O2/c1-3-10-18-17(21)14-8-9-16(20-12-14)19-11-13-6-4-5-7-15(13)22-2/h3-9,12H,1,10-11H2,2H3,(H,18,21)(H,19,20). The maximum Gasteiger partial charge on any atom is 0.253 e. The number of pyridine rings is 1. The minimum Gasteiger partial charge on any atom is -0.496 e. The fourth-order valence-corrected chi connectivity index (χ4v) is 1.93. The van der Waals surface area contributed by atoms with Gasteiger partial charge in [-0.2, -0.15) is 0 Å². The van der Waals surface area contributed by atoms with Gasteiger partial charge in [0.05, 0.1) is 12.7 Å². The summed E-state index contributed by atoms with van der Waals surface area (Å²) in [4.78, 5) is 16.0. The zero-order chi connectivity index (χ0) is 15.8. The number of amides is 1. The van der Waals surface area contributed by atoms with Gasteiger partial charge < -0.3 is 15.4 Å². The van der Waals surface area contributed by atoms with Crippen molar-refractivity contribution < 1.29 is 9.53 Å². The molecule has 2 aromatic rings. The zero-order valence-corrected chi connectivity index (χ0v) is 12.5. The second-order valence-corrected chi connectivity index (χ2v) is 4.60. The van der Waals surface area contributed by atoms with E-state index in [4.69, 9.17) is 4.74 Å². The zero-order valence-electron chi connectivity index (χ0n) is 12.5. The van der Waals surface area contributed by atoms with Crippen molar-refractivity contribution in [3.8, 4) is 5.75 Å². The number of rotatable bonds is 7. The van der Waals surface area contributed by atoms with Gasteiger partial charge in [-0.25, -0.2) is 4.98 Å². The molecule has 0 unspecified atom stereocenters. The summed E-state index contributed by atoms with van der Waals surface area (Å²) in [5.74, 6) is 1.37. The first-order valence-electron chi connectivity index (χ1n) is 6.95. The molecule has 5 nitrogen and oxygen atoms in total. The first-order chi connectivity index (χ1) is 10.7. The Labute approximate surface area is 130 Å². The van der Waals surface area contributed by atoms with Crippen LogP contribution in [-0.4, -0.2) is 24.5 Å². The molecule has 1 aromatic carbocycles. The minimum atomic E-state index is -0.163. The molecule has 0 aliphatic heterocycles. The molecular formula is C17H19N3O2. The summed E-state index contributed by atoms with van der Waals surface area (Å²) in [5, 5.41) is 5.91. The Bertz CT molecular complexity index is 639. The molecule has 0 bridgehead atoms. The second kappa shape index (κ2) is 7.83. The predicted octanol–water partition coefficient (Wildman–Crippen LogP) is 2.62. The number of carbonyl (C=O) groups is 1. The van der Waals surface area contributed by atoms with Crippen molar-refractivity contribution in [3.63, 3.8) is 0 Å². The third-order valence-corrected chi connectivity index (χ3v) is 3.09. The molecule has 2 rings (SSSR count). The highest BCUT2D eigenvalue weighted by Gasteiger charge is 2.05. The van der Waals surface area contributed by atoms with Crippen molar-refractivity contribution in [2.24, 2.45) is 0 Å². The number of ether oxygens (including phenoxy) is 1. The van der Waals surface area contributed by atoms with Gasteiger partial charge in [0.15, 0.2) is 0 Å². The smallest absolute Gasteiger partial charge is 0.253 e. The molecule has 2 N–H and O–H groups in total. The van der Waals surface area contributed by atoms with Crippen LogP contribution >= 0.6 is 0 Å². The Balaban J connectivity index is 1.96. The van der Waals surface area contributed by atoms with Gasteiger partial charge in [0.25, 0.3) is 5.91 Å². The highest BCUT2D eigenvalue weighted by atomic mass is 16.5. The summed E-state index contributed by atoms with van der Waals surface area (Å²) in [7, 11) is 1.65. The van der Waals surface area contributed by atoms with Gasteiger partial charge in [-0.05, 0) is 18.2 Å². The van der Waals surface area contributed by atoms with Crippen molar-refractivity contribution in [2.75, 3.05) is 19.0 Å². The lowest BCUT2D eigenvalue weighted by atomic mass is 10.2. The van der Waals surface area contributed by atoms with Gasteiger partial charge in [0.1, 0.15) is 11.6 Å². The Kier molecular flexibility index (Phi) is 5.54. The molecule has 0 aliphatic carbocycles. The Morgan fingerprint density at radius 2 is 2.14 bits per heavy atom. The monoisotopic (exact) mass is 297 g/mol. The van der Waals surface area contributed by atoms with E-state index in [-0.39, 0.29) is 5.91 Å². The molecular weight excluding hydrogens is 278 g/mol. The highest BCUT2D eigenvalue weighted by Crippen LogP contribution is 2.18. The van der Waals surface area contributed by atoms with E-state index in [1.165, 1.54) is 0 Å². The van der Waals surface area contributed by atoms with Crippen molar-refractivity contribution in [1.29, 1.82) is 0 Å². The molecule has 5 heteroatoms. The van der Waals surface area contributed by atoms with Crippen molar-refractivity contribution in [1.82, 2.24) is 10.3 Å². The van der Waals surface area contributed by atoms with Crippen LogP contribution in [-0.2, 0) is 6.54 Å². The van der Waals surface area contributed by atoms with Crippen LogP contribution in [0.4, 0.5) is 5.82 Å². The van der Waals surface area contributed by atoms with E-state index in [1.807, 2.05) is 24.3 Å². The minimum absolute atomic E-state index is 0.163. The normalized spacial score (nSPS) is 9.86. The number of nitrogens with one attached hydrogen (secondary N) is 2. The summed E-state index contributed by atoms with van der Waals surface area (Å²) >= 11 is 0. The SMILES string of the molecule is C=CCNC(=O)c1ccc(NCc2ccccc2OC)nc1. The average molecular weight is 297 g/mol. The van der Waals surface area contributed by atoms with Gasteiger partial charge in [0, 0.05) is 24.8 Å². The van der Waals surface area contributed by atoms with Crippen LogP contribution in [0.3, 0.4) is 0 Å². The molecule has 0 aliphatic rings. The van der Waals surface area contributed by atoms with Crippen LogP contribution in [0.5, 0.6) is 5.75 Å². The highest BCUT2D eigenvalue weighted by molar-refractivity contribution is 5.94. The Morgan fingerprint density at radius 1 is 1.32 bits per heavy atom. The predicted molar refractivity (Wildman–Crippen MR) is 87.1 cm³/mol. The van der Waals surface area contributed by atoms with Gasteiger partial charge in [-0.15, -0.1) is 6.58 Å². The van der Waals surface area contributed by atoms with E-state index in [0.29, 0.717) is 24.5 Å². The number of methoxy groups -OCH3 is 1. The largest absolute Gasteiger partial charge is 0.496 e. The summed E-state index contributed by atoms with van der Waals surface area (Å²) in [5.41, 5.74) is 1.56. The number of nitrogens with zero attached hydrogens (tertiary/aromatic N) is 1. The van der Waals surface area contributed by atoms with E-state index < -0.39 is 0 Å². The quantitative estimate of drug-likeness (QED) is 0.771. The topological polar surface area (TPSA) is 63.2 Å². The molecule has 0 spiro atoms. The maximum absolute atomic E-state index is 11.7. The lowest BCUT2D eigenvalue weighted by Gasteiger charge is -2.10. The molecule has 0 atom stereocenters. The first-order valence-corrected chi connectivity index (χ1v) is 6.95. The Morgan fingerprint density at radius 3 is 2.82 bits per heavy atom. The van der Waals surface area contributed by atoms with E-state index in [0.717, 1.165) is 11.3 Å². The fourth-order valence-electron chi connectivity index (χ4n) is 1.93. The molecule has 0 radical (unpaired) electrons. The lowest BCUT2D eigenvalue weighted by Crippen LogP contribution is -2.23. The van der Waals surface area contributed by atoms with Crippen LogP contribution in [0.2, 0.25) is 0 Å². The van der Waals surface area contributed by atoms with Crippen molar-refractivity contribution in [2.45, 2.75) is 6.54 Å². The second-order valence-electron chi connectivity index (χ2n) is 4.60. The van der Waals surface area contributed by atoms with Crippen LogP contribution < -0.4 is 15.4 Å². The molecule has 1 amide bonds. The summed E-state index contributed by atoms with van der Waals surface area (Å²) in [6.45, 7) is 4.59. The molecule has 114 valence electrons. The van der Waals surface area contributed by atoms with Crippen LogP contribution in [0.25, 0.3) is 0 Å². The lowest BCUT2D eigenvalue weighted by molar-refractivity contribution is 0.0957. The molecule has 0 fully saturated rings. The van der Waals surface area contributed by atoms with E-state index in [1.54, 1.807) is 31.5 Å². The molecule has 0 saturated carbocycles. The molecule has 0 saturated heterocycles. The van der Waals surface area contributed by atoms with Crippen LogP contribution in [0.1, 0.15) is 15.9 Å². The number of hydrogen-bond donors (Lipinski definition) is 2. The summed E-state index contributed by atoms with van der Waals surface area (Å²) < 4.78 is 5.30. The molecule has 1 aromatic heterocycles. The number of para-hydroxylation sites is 1. The number of benzene rings is 1. The van der Waals surface area contributed by atoms with Gasteiger partial charge in [-0.1, -0.05) is 24.3 Å². The van der Waals surface area contributed by atoms with E-state index in [9.17, 15) is 4.79 Å². The third kappa shape index (κ3) is 4.09. The van der Waals surface area contributed by atoms with Crippen molar-refractivity contribution >= 4 is 11.7 Å². The van der Waals surface area contributed by atoms with E-state index in [2.05, 4.69) is 22.2 Å². The number of anilines is 1. The summed E-state index contributed by atoms with van der Waals surface area (Å²) in [6, 6.07) is 11.3. The summed E-state index contributed by atoms with van der Waals surface area (Å²) in [6.07, 6.45) is 3.18. The van der Waals surface area contributed by atoms with E-state index >= 15 is 0 Å². The van der Waals surface area contributed by atoms with Gasteiger partial charge in [-0.3, -0.25) is 4.79 Å². The molecule has 22 heavy (non-hydrogen) atoms. The average Bonchev–Trinajstić information content (AvgIpc) is 2.58. The van der Waals surface area contributed by atoms with Gasteiger partial charge >= 0.3 is 0 Å². The number of carbonyl (C=O) groups excluding carboxylic acids is 1. The van der Waals surface area contributed by atoms with Gasteiger partial charge in [0.2, 0.25) is 0 Å². The van der Waals surface area contributed by atoms with Crippen molar-refractivity contribution in [3.05, 3.63) is 66.4 Å². The van der Waals surface area contributed by atoms with Crippen LogP contribution in [0, 0.1) is 0 Å². The van der Waals surface area contributed by atoms with Crippen LogP contribution in [0.15, 0.2) is 55.3 Å². The number of hydrogen-bond acceptors (Lipinski definition) is 4. The first kappa shape index (κ1) is 15.6.